The van der Waals surface area contributed by atoms with Crippen molar-refractivity contribution in [1.29, 1.82) is 0 Å². The summed E-state index contributed by atoms with van der Waals surface area (Å²) in [6, 6.07) is 12.7. The van der Waals surface area contributed by atoms with E-state index in [-0.39, 0.29) is 28.2 Å². The molecule has 0 saturated heterocycles. The van der Waals surface area contributed by atoms with Gasteiger partial charge < -0.3 is 15.0 Å². The quantitative estimate of drug-likeness (QED) is 0.364. The number of fused-ring (bicyclic) bond motifs is 1. The smallest absolute Gasteiger partial charge is 0.262 e. The number of H-pyrrole nitrogens is 1. The van der Waals surface area contributed by atoms with Crippen molar-refractivity contribution in [3.8, 4) is 11.4 Å². The van der Waals surface area contributed by atoms with Gasteiger partial charge in [0.15, 0.2) is 10.8 Å². The molecule has 0 radical (unpaired) electrons. The topological polar surface area (TPSA) is 102 Å². The predicted octanol–water partition coefficient (Wildman–Crippen LogP) is 2.99. The molecule has 0 bridgehead atoms. The Balaban J connectivity index is 1.57. The first-order chi connectivity index (χ1) is 14.5. The van der Waals surface area contributed by atoms with Gasteiger partial charge in [0.25, 0.3) is 5.56 Å². The number of carbonyl (C=O) groups is 1. The molecular weight excluding hydrogens is 409 g/mol. The van der Waals surface area contributed by atoms with E-state index >= 15 is 0 Å². The average molecular weight is 425 g/mol. The van der Waals surface area contributed by atoms with Crippen LogP contribution in [0.25, 0.3) is 16.7 Å². The fraction of sp³-hybridized carbons (Fsp3) is 0.100. The molecule has 0 spiro atoms. The fourth-order valence-corrected chi connectivity index (χ4v) is 3.47. The summed E-state index contributed by atoms with van der Waals surface area (Å²) in [7, 11) is 1.55. The minimum atomic E-state index is -0.385. The molecule has 10 heteroatoms. The number of para-hydroxylation sites is 2. The number of hydrogen-bond acceptors (Lipinski definition) is 6. The molecule has 2 N–H and O–H groups in total. The third kappa shape index (κ3) is 4.03. The van der Waals surface area contributed by atoms with Crippen LogP contribution in [-0.4, -0.2) is 38.5 Å². The number of carbonyl (C=O) groups excluding carboxylic acids is 1. The van der Waals surface area contributed by atoms with Gasteiger partial charge in [-0.3, -0.25) is 9.59 Å². The Hall–Kier alpha value is -3.66. The zero-order valence-corrected chi connectivity index (χ0v) is 16.6. The number of amides is 1. The van der Waals surface area contributed by atoms with Crippen LogP contribution in [0.4, 0.5) is 10.1 Å². The molecule has 8 nitrogen and oxygen atoms in total. The Morgan fingerprint density at radius 1 is 1.23 bits per heavy atom. The van der Waals surface area contributed by atoms with Crippen molar-refractivity contribution in [2.24, 2.45) is 0 Å². The summed E-state index contributed by atoms with van der Waals surface area (Å²) >= 11 is 1.07. The molecule has 0 aliphatic carbocycles. The monoisotopic (exact) mass is 425 g/mol. The first-order valence-corrected chi connectivity index (χ1v) is 9.83. The van der Waals surface area contributed by atoms with Crippen LogP contribution in [0.15, 0.2) is 64.7 Å². The Morgan fingerprint density at radius 3 is 2.77 bits per heavy atom. The summed E-state index contributed by atoms with van der Waals surface area (Å²) in [5.74, 6) is -0.108. The van der Waals surface area contributed by atoms with E-state index in [0.717, 1.165) is 11.8 Å². The first-order valence-electron chi connectivity index (χ1n) is 8.85. The summed E-state index contributed by atoms with van der Waals surface area (Å²) in [4.78, 5) is 31.7. The summed E-state index contributed by atoms with van der Waals surface area (Å²) < 4.78 is 19.8. The highest BCUT2D eigenvalue weighted by molar-refractivity contribution is 7.99. The number of nitrogens with one attached hydrogen (secondary N) is 2. The van der Waals surface area contributed by atoms with Crippen molar-refractivity contribution in [2.75, 3.05) is 18.2 Å². The standard InChI is InChI=1S/C20H16FN5O3S/c1-29-16-5-3-2-4-15(16)26-18-14(10-22-26)19(28)25-20(24-18)30-11-17(27)23-13-8-6-12(21)7-9-13/h2-10H,11H2,1H3,(H,23,27)(H,24,25,28). The van der Waals surface area contributed by atoms with Crippen molar-refractivity contribution in [3.63, 3.8) is 0 Å². The zero-order valence-electron chi connectivity index (χ0n) is 15.8. The molecule has 0 aliphatic rings. The molecule has 0 aliphatic heterocycles. The van der Waals surface area contributed by atoms with Gasteiger partial charge in [0.05, 0.1) is 19.1 Å². The lowest BCUT2D eigenvalue weighted by Crippen LogP contribution is -2.15. The summed E-state index contributed by atoms with van der Waals surface area (Å²) in [6.45, 7) is 0. The lowest BCUT2D eigenvalue weighted by atomic mass is 10.3. The lowest BCUT2D eigenvalue weighted by molar-refractivity contribution is -0.113. The molecular formula is C20H16FN5O3S. The van der Waals surface area contributed by atoms with Crippen LogP contribution < -0.4 is 15.6 Å². The number of hydrogen-bond donors (Lipinski definition) is 2. The third-order valence-corrected chi connectivity index (χ3v) is 5.07. The number of benzene rings is 2. The van der Waals surface area contributed by atoms with Gasteiger partial charge in [-0.2, -0.15) is 5.10 Å². The van der Waals surface area contributed by atoms with E-state index in [9.17, 15) is 14.0 Å². The molecule has 4 aromatic rings. The molecule has 0 atom stereocenters. The SMILES string of the molecule is COc1ccccc1-n1ncc2c(=O)[nH]c(SCC(=O)Nc3ccc(F)cc3)nc21. The van der Waals surface area contributed by atoms with Crippen LogP contribution >= 0.6 is 11.8 Å². The Kier molecular flexibility index (Phi) is 5.48. The van der Waals surface area contributed by atoms with E-state index in [1.54, 1.807) is 19.2 Å². The van der Waals surface area contributed by atoms with Gasteiger partial charge in [-0.15, -0.1) is 0 Å². The maximum Gasteiger partial charge on any atom is 0.262 e. The normalized spacial score (nSPS) is 10.9. The molecule has 2 aromatic carbocycles. The first kappa shape index (κ1) is 19.6. The summed E-state index contributed by atoms with van der Waals surface area (Å²) in [5.41, 5.74) is 1.11. The second-order valence-electron chi connectivity index (χ2n) is 6.18. The van der Waals surface area contributed by atoms with Gasteiger partial charge in [-0.25, -0.2) is 14.1 Å². The number of thioether (sulfide) groups is 1. The van der Waals surface area contributed by atoms with Crippen molar-refractivity contribution in [1.82, 2.24) is 19.7 Å². The minimum Gasteiger partial charge on any atom is -0.494 e. The van der Waals surface area contributed by atoms with Crippen LogP contribution in [0.3, 0.4) is 0 Å². The third-order valence-electron chi connectivity index (χ3n) is 4.20. The van der Waals surface area contributed by atoms with Gasteiger partial charge in [0.2, 0.25) is 5.91 Å². The molecule has 0 saturated carbocycles. The number of aromatic nitrogens is 4. The van der Waals surface area contributed by atoms with E-state index in [1.165, 1.54) is 35.1 Å². The minimum absolute atomic E-state index is 0.00855. The maximum atomic E-state index is 13.0. The van der Waals surface area contributed by atoms with Gasteiger partial charge in [-0.05, 0) is 36.4 Å². The van der Waals surface area contributed by atoms with Gasteiger partial charge in [-0.1, -0.05) is 23.9 Å². The molecule has 0 fully saturated rings. The largest absolute Gasteiger partial charge is 0.494 e. The van der Waals surface area contributed by atoms with E-state index in [2.05, 4.69) is 20.4 Å². The summed E-state index contributed by atoms with van der Waals surface area (Å²) in [6.07, 6.45) is 1.43. The van der Waals surface area contributed by atoms with E-state index in [0.29, 0.717) is 28.2 Å². The van der Waals surface area contributed by atoms with Crippen molar-refractivity contribution in [3.05, 3.63) is 70.9 Å². The molecule has 1 amide bonds. The van der Waals surface area contributed by atoms with E-state index in [1.807, 2.05) is 12.1 Å². The maximum absolute atomic E-state index is 13.0. The number of halogens is 1. The number of anilines is 1. The van der Waals surface area contributed by atoms with Crippen molar-refractivity contribution < 1.29 is 13.9 Å². The number of rotatable bonds is 6. The van der Waals surface area contributed by atoms with Crippen molar-refractivity contribution in [2.45, 2.75) is 5.16 Å². The number of methoxy groups -OCH3 is 1. The number of aromatic amines is 1. The Bertz CT molecular complexity index is 1270. The summed E-state index contributed by atoms with van der Waals surface area (Å²) in [5, 5.41) is 7.52. The highest BCUT2D eigenvalue weighted by Gasteiger charge is 2.15. The van der Waals surface area contributed by atoms with Crippen LogP contribution in [0, 0.1) is 5.82 Å². The average Bonchev–Trinajstić information content (AvgIpc) is 3.18. The predicted molar refractivity (Wildman–Crippen MR) is 112 cm³/mol. The molecule has 2 aromatic heterocycles. The highest BCUT2D eigenvalue weighted by Crippen LogP contribution is 2.24. The number of ether oxygens (including phenoxy) is 1. The molecule has 4 rings (SSSR count). The second-order valence-corrected chi connectivity index (χ2v) is 7.14. The molecule has 2 heterocycles. The molecule has 152 valence electrons. The second kappa shape index (κ2) is 8.37. The Labute approximate surface area is 174 Å². The van der Waals surface area contributed by atoms with Crippen LogP contribution in [0.1, 0.15) is 0 Å². The van der Waals surface area contributed by atoms with Gasteiger partial charge in [0, 0.05) is 5.69 Å². The fourth-order valence-electron chi connectivity index (χ4n) is 2.81. The zero-order chi connectivity index (χ0) is 21.1. The van der Waals surface area contributed by atoms with E-state index in [4.69, 9.17) is 4.74 Å². The van der Waals surface area contributed by atoms with Gasteiger partial charge >= 0.3 is 0 Å². The highest BCUT2D eigenvalue weighted by atomic mass is 32.2. The molecule has 30 heavy (non-hydrogen) atoms. The van der Waals surface area contributed by atoms with Crippen molar-refractivity contribution >= 4 is 34.4 Å². The van der Waals surface area contributed by atoms with Crippen LogP contribution in [0.5, 0.6) is 5.75 Å². The number of nitrogens with zero attached hydrogens (tertiary/aromatic N) is 3. The van der Waals surface area contributed by atoms with Crippen LogP contribution in [0.2, 0.25) is 0 Å². The molecule has 0 unspecified atom stereocenters. The Morgan fingerprint density at radius 2 is 2.00 bits per heavy atom. The van der Waals surface area contributed by atoms with Gasteiger partial charge in [0.1, 0.15) is 22.6 Å². The van der Waals surface area contributed by atoms with E-state index < -0.39 is 0 Å². The lowest BCUT2D eigenvalue weighted by Gasteiger charge is -2.09. The van der Waals surface area contributed by atoms with Crippen LogP contribution in [-0.2, 0) is 4.79 Å².